The lowest BCUT2D eigenvalue weighted by Gasteiger charge is -2.19. The first-order valence-electron chi connectivity index (χ1n) is 16.2. The van der Waals surface area contributed by atoms with Crippen molar-refractivity contribution in [2.75, 3.05) is 13.2 Å². The number of benzene rings is 2. The molecule has 0 unspecified atom stereocenters. The van der Waals surface area contributed by atoms with Gasteiger partial charge in [-0.05, 0) is 66.0 Å². The van der Waals surface area contributed by atoms with Gasteiger partial charge in [0, 0.05) is 24.6 Å². The Morgan fingerprint density at radius 2 is 1.69 bits per heavy atom. The summed E-state index contributed by atoms with van der Waals surface area (Å²) in [6, 6.07) is 16.5. The summed E-state index contributed by atoms with van der Waals surface area (Å²) in [7, 11) is 0. The fourth-order valence-electron chi connectivity index (χ4n) is 6.50. The van der Waals surface area contributed by atoms with E-state index in [2.05, 4.69) is 62.4 Å². The molecule has 0 amide bonds. The molecule has 10 nitrogen and oxygen atoms in total. The second-order valence-electron chi connectivity index (χ2n) is 11.8. The van der Waals surface area contributed by atoms with Gasteiger partial charge in [-0.3, -0.25) is 4.79 Å². The third-order valence-corrected chi connectivity index (χ3v) is 8.77. The van der Waals surface area contributed by atoms with Gasteiger partial charge in [0.05, 0.1) is 17.3 Å². The molecule has 10 heteroatoms. The molecule has 4 aromatic rings. The molecular formula is C35H40N6O4. The largest absolute Gasteiger partial charge is 0.462 e. The zero-order chi connectivity index (χ0) is 31.0. The minimum Gasteiger partial charge on any atom is -0.462 e. The van der Waals surface area contributed by atoms with Crippen molar-refractivity contribution in [3.05, 3.63) is 77.4 Å². The number of rotatable bonds is 10. The number of carbonyl (C=O) groups is 2. The lowest BCUT2D eigenvalue weighted by Crippen LogP contribution is -2.22. The van der Waals surface area contributed by atoms with Crippen LogP contribution < -0.4 is 0 Å². The Kier molecular flexibility index (Phi) is 9.77. The van der Waals surface area contributed by atoms with Crippen molar-refractivity contribution in [1.82, 2.24) is 30.2 Å². The van der Waals surface area contributed by atoms with Crippen LogP contribution in [-0.4, -0.2) is 55.3 Å². The summed E-state index contributed by atoms with van der Waals surface area (Å²) in [5, 5.41) is 14.6. The molecule has 1 fully saturated rings. The second-order valence-corrected chi connectivity index (χ2v) is 11.8. The molecular weight excluding hydrogens is 568 g/mol. The summed E-state index contributed by atoms with van der Waals surface area (Å²) in [4.78, 5) is 30.3. The van der Waals surface area contributed by atoms with Gasteiger partial charge in [-0.15, -0.1) is 10.2 Å². The number of allylic oxidation sites excluding steroid dienone is 1. The Labute approximate surface area is 263 Å². The van der Waals surface area contributed by atoms with Crippen molar-refractivity contribution in [2.45, 2.75) is 77.7 Å². The quantitative estimate of drug-likeness (QED) is 0.0989. The Morgan fingerprint density at radius 3 is 2.44 bits per heavy atom. The average molecular weight is 609 g/mol. The Morgan fingerprint density at radius 1 is 0.933 bits per heavy atom. The highest BCUT2D eigenvalue weighted by Crippen LogP contribution is 2.33. The first-order valence-corrected chi connectivity index (χ1v) is 16.2. The molecule has 0 radical (unpaired) electrons. The predicted molar refractivity (Wildman–Crippen MR) is 170 cm³/mol. The van der Waals surface area contributed by atoms with Crippen LogP contribution in [0, 0.1) is 5.92 Å². The number of fused-ring (bicyclic) bond motifs is 1. The van der Waals surface area contributed by atoms with Crippen molar-refractivity contribution in [3.8, 4) is 22.5 Å². The van der Waals surface area contributed by atoms with E-state index < -0.39 is 5.97 Å². The van der Waals surface area contributed by atoms with Gasteiger partial charge >= 0.3 is 11.9 Å². The van der Waals surface area contributed by atoms with Crippen LogP contribution >= 0.6 is 0 Å². The molecule has 1 saturated carbocycles. The minimum atomic E-state index is -0.415. The van der Waals surface area contributed by atoms with Crippen LogP contribution in [0.15, 0.2) is 54.6 Å². The van der Waals surface area contributed by atoms with E-state index in [1.165, 1.54) is 6.42 Å². The normalized spacial score (nSPS) is 16.2. The molecule has 0 saturated heterocycles. The van der Waals surface area contributed by atoms with Crippen LogP contribution in [0.3, 0.4) is 0 Å². The maximum Gasteiger partial charge on any atom is 0.331 e. The number of nitrogens with one attached hydrogen (secondary N) is 1. The van der Waals surface area contributed by atoms with E-state index in [0.29, 0.717) is 12.4 Å². The Hall–Kier alpha value is -4.60. The molecule has 2 heterocycles. The number of carbonyl (C=O) groups excluding carboxylic acids is 2. The zero-order valence-electron chi connectivity index (χ0n) is 25.8. The van der Waals surface area contributed by atoms with Crippen LogP contribution in [0.1, 0.15) is 81.1 Å². The van der Waals surface area contributed by atoms with E-state index in [9.17, 15) is 9.59 Å². The van der Waals surface area contributed by atoms with E-state index in [4.69, 9.17) is 14.5 Å². The van der Waals surface area contributed by atoms with Crippen LogP contribution in [0.4, 0.5) is 0 Å². The number of esters is 2. The van der Waals surface area contributed by atoms with E-state index in [1.807, 2.05) is 18.2 Å². The molecule has 0 spiro atoms. The zero-order valence-corrected chi connectivity index (χ0v) is 25.8. The van der Waals surface area contributed by atoms with Crippen molar-refractivity contribution in [3.63, 3.8) is 0 Å². The molecule has 2 aromatic carbocycles. The maximum absolute atomic E-state index is 12.9. The minimum absolute atomic E-state index is 0.0160. The van der Waals surface area contributed by atoms with Gasteiger partial charge in [0.25, 0.3) is 0 Å². The number of aryl methyl sites for hydroxylation is 2. The molecule has 1 N–H and O–H groups in total. The van der Waals surface area contributed by atoms with Gasteiger partial charge in [-0.1, -0.05) is 74.7 Å². The molecule has 45 heavy (non-hydrogen) atoms. The summed E-state index contributed by atoms with van der Waals surface area (Å²) in [5.74, 6) is 0.960. The second kappa shape index (κ2) is 14.5. The van der Waals surface area contributed by atoms with Crippen molar-refractivity contribution in [1.29, 1.82) is 0 Å². The summed E-state index contributed by atoms with van der Waals surface area (Å²) >= 11 is 0. The first kappa shape index (κ1) is 30.4. The smallest absolute Gasteiger partial charge is 0.331 e. The van der Waals surface area contributed by atoms with Crippen LogP contribution in [0.2, 0.25) is 0 Å². The van der Waals surface area contributed by atoms with Crippen LogP contribution in [-0.2, 0) is 38.4 Å². The molecule has 0 bridgehead atoms. The number of aromatic nitrogens is 6. The van der Waals surface area contributed by atoms with Gasteiger partial charge in [0.2, 0.25) is 5.82 Å². The third-order valence-electron chi connectivity index (χ3n) is 8.77. The van der Waals surface area contributed by atoms with Gasteiger partial charge < -0.3 is 14.0 Å². The molecule has 234 valence electrons. The lowest BCUT2D eigenvalue weighted by molar-refractivity contribution is -0.154. The first-order chi connectivity index (χ1) is 22.1. The summed E-state index contributed by atoms with van der Waals surface area (Å²) < 4.78 is 13.1. The van der Waals surface area contributed by atoms with Gasteiger partial charge in [0.1, 0.15) is 19.0 Å². The van der Waals surface area contributed by atoms with E-state index >= 15 is 0 Å². The number of hydrogen-bond acceptors (Lipinski definition) is 8. The number of imidazole rings is 1. The highest BCUT2D eigenvalue weighted by Gasteiger charge is 2.24. The standard InChI is InChI=1S/C35H40N6O4/c1-2-31-36-30-15-9-6-12-27(22-32(42)44-20-21-45-35(43)26-10-4-3-5-11-26)33(30)41(31)23-24-16-18-25(19-17-24)28-13-7-8-14-29(28)34-37-39-40-38-34/h7-8,13-14,16-19,22,26H,2-6,9-12,15,20-21,23H2,1H3,(H,37,38,39,40). The SMILES string of the molecule is CCc1nc2c(n1Cc1ccc(-c3ccccc3-c3nn[nH]n3)cc1)C(=CC(=O)OCCOC(=O)C1CCCCC1)CCCC2. The number of tetrazole rings is 1. The van der Waals surface area contributed by atoms with Gasteiger partial charge in [-0.25, -0.2) is 9.78 Å². The fourth-order valence-corrected chi connectivity index (χ4v) is 6.50. The van der Waals surface area contributed by atoms with E-state index in [-0.39, 0.29) is 25.1 Å². The van der Waals surface area contributed by atoms with E-state index in [1.54, 1.807) is 6.08 Å². The molecule has 0 atom stereocenters. The molecule has 6 rings (SSSR count). The van der Waals surface area contributed by atoms with Crippen LogP contribution in [0.5, 0.6) is 0 Å². The Bertz CT molecular complexity index is 1630. The molecule has 0 aliphatic heterocycles. The number of ether oxygens (including phenoxy) is 2. The Balaban J connectivity index is 1.17. The third kappa shape index (κ3) is 7.21. The molecule has 2 aliphatic carbocycles. The fraction of sp³-hybridized carbons (Fsp3) is 0.429. The van der Waals surface area contributed by atoms with Gasteiger partial charge in [-0.2, -0.15) is 5.21 Å². The number of nitrogens with zero attached hydrogens (tertiary/aromatic N) is 5. The van der Waals surface area contributed by atoms with Crippen LogP contribution in [0.25, 0.3) is 28.1 Å². The van der Waals surface area contributed by atoms with Crippen molar-refractivity contribution < 1.29 is 19.1 Å². The highest BCUT2D eigenvalue weighted by atomic mass is 16.6. The summed E-state index contributed by atoms with van der Waals surface area (Å²) in [5.41, 5.74) is 7.15. The highest BCUT2D eigenvalue weighted by molar-refractivity contribution is 5.91. The number of H-pyrrole nitrogens is 1. The topological polar surface area (TPSA) is 125 Å². The van der Waals surface area contributed by atoms with Crippen molar-refractivity contribution in [2.24, 2.45) is 5.92 Å². The lowest BCUT2D eigenvalue weighted by atomic mass is 9.89. The number of hydrogen-bond donors (Lipinski definition) is 1. The maximum atomic E-state index is 12.9. The average Bonchev–Trinajstić information content (AvgIpc) is 3.69. The molecule has 2 aromatic heterocycles. The monoisotopic (exact) mass is 608 g/mol. The van der Waals surface area contributed by atoms with Crippen molar-refractivity contribution >= 4 is 17.5 Å². The summed E-state index contributed by atoms with van der Waals surface area (Å²) in [6.07, 6.45) is 11.2. The van der Waals surface area contributed by atoms with E-state index in [0.717, 1.165) is 103 Å². The predicted octanol–water partition coefficient (Wildman–Crippen LogP) is 6.12. The number of aromatic amines is 1. The summed E-state index contributed by atoms with van der Waals surface area (Å²) in [6.45, 7) is 2.89. The van der Waals surface area contributed by atoms with Gasteiger partial charge in [0.15, 0.2) is 0 Å². The molecule has 2 aliphatic rings.